The van der Waals surface area contributed by atoms with E-state index < -0.39 is 0 Å². The molecule has 0 aliphatic carbocycles. The highest BCUT2D eigenvalue weighted by atomic mass is 35.5. The molecule has 0 N–H and O–H groups in total. The van der Waals surface area contributed by atoms with E-state index in [-0.39, 0.29) is 0 Å². The van der Waals surface area contributed by atoms with E-state index in [0.29, 0.717) is 6.61 Å². The topological polar surface area (TPSA) is 21.6 Å². The van der Waals surface area contributed by atoms with Crippen molar-refractivity contribution in [2.75, 3.05) is 20.0 Å². The Kier molecular flexibility index (Phi) is 8.43. The van der Waals surface area contributed by atoms with Gasteiger partial charge in [-0.2, -0.15) is 0 Å². The maximum absolute atomic E-state index is 6.29. The van der Waals surface area contributed by atoms with Gasteiger partial charge in [-0.3, -0.25) is 4.99 Å². The highest BCUT2D eigenvalue weighted by Crippen LogP contribution is 2.29. The third-order valence-corrected chi connectivity index (χ3v) is 4.04. The Balaban J connectivity index is 3.22. The zero-order chi connectivity index (χ0) is 15.7. The van der Waals surface area contributed by atoms with Gasteiger partial charge in [0.1, 0.15) is 0 Å². The fourth-order valence-electron chi connectivity index (χ4n) is 1.92. The smallest absolute Gasteiger partial charge is 0.0710 e. The van der Waals surface area contributed by atoms with Crippen LogP contribution in [-0.2, 0) is 4.74 Å². The molecule has 0 saturated carbocycles. The maximum Gasteiger partial charge on any atom is 0.0710 e. The number of thioether (sulfide) groups is 1. The van der Waals surface area contributed by atoms with Crippen LogP contribution < -0.4 is 0 Å². The quantitative estimate of drug-likeness (QED) is 0.376. The molecule has 0 bridgehead atoms. The second-order valence-corrected chi connectivity index (χ2v) is 5.64. The van der Waals surface area contributed by atoms with E-state index in [0.717, 1.165) is 33.2 Å². The van der Waals surface area contributed by atoms with Crippen molar-refractivity contribution in [3.8, 4) is 0 Å². The lowest BCUT2D eigenvalue weighted by molar-refractivity contribution is 0.228. The molecule has 1 rings (SSSR count). The average molecular weight is 324 g/mol. The van der Waals surface area contributed by atoms with Gasteiger partial charge >= 0.3 is 0 Å². The lowest BCUT2D eigenvalue weighted by Gasteiger charge is -2.08. The number of ether oxygens (including phenoxy) is 1. The lowest BCUT2D eigenvalue weighted by Crippen LogP contribution is -1.93. The lowest BCUT2D eigenvalue weighted by atomic mass is 10.1. The molecular weight excluding hydrogens is 302 g/mol. The second kappa shape index (κ2) is 9.82. The Bertz CT molecular complexity index is 550. The van der Waals surface area contributed by atoms with Gasteiger partial charge in [0.2, 0.25) is 0 Å². The van der Waals surface area contributed by atoms with Crippen molar-refractivity contribution in [1.82, 2.24) is 0 Å². The minimum atomic E-state index is 0.577. The van der Waals surface area contributed by atoms with Gasteiger partial charge in [-0.25, -0.2) is 0 Å². The van der Waals surface area contributed by atoms with E-state index >= 15 is 0 Å². The second-order valence-electron chi connectivity index (χ2n) is 4.39. The Labute approximate surface area is 137 Å². The number of hydrogen-bond donors (Lipinski definition) is 0. The summed E-state index contributed by atoms with van der Waals surface area (Å²) >= 11 is 7.93. The monoisotopic (exact) mass is 323 g/mol. The van der Waals surface area contributed by atoms with E-state index in [1.54, 1.807) is 25.1 Å². The zero-order valence-corrected chi connectivity index (χ0v) is 14.6. The third kappa shape index (κ3) is 5.70. The van der Waals surface area contributed by atoms with Crippen molar-refractivity contribution in [3.05, 3.63) is 46.5 Å². The van der Waals surface area contributed by atoms with Gasteiger partial charge in [0.15, 0.2) is 0 Å². The van der Waals surface area contributed by atoms with Crippen molar-refractivity contribution in [2.24, 2.45) is 4.99 Å². The molecule has 0 aliphatic rings. The van der Waals surface area contributed by atoms with Crippen LogP contribution in [0.4, 0.5) is 0 Å². The molecule has 0 heterocycles. The molecule has 0 amide bonds. The van der Waals surface area contributed by atoms with Crippen LogP contribution in [0.5, 0.6) is 0 Å². The molecule has 114 valence electrons. The summed E-state index contributed by atoms with van der Waals surface area (Å²) in [7, 11) is 1.70. The van der Waals surface area contributed by atoms with Crippen LogP contribution in [0, 0.1) is 0 Å². The zero-order valence-electron chi connectivity index (χ0n) is 13.0. The number of rotatable bonds is 7. The van der Waals surface area contributed by atoms with Crippen LogP contribution in [0.2, 0.25) is 5.02 Å². The molecule has 0 atom stereocenters. The number of allylic oxidation sites excluding steroid dienone is 1. The predicted octanol–water partition coefficient (Wildman–Crippen LogP) is 5.48. The summed E-state index contributed by atoms with van der Waals surface area (Å²) in [4.78, 5) is 5.54. The number of hydrogen-bond acceptors (Lipinski definition) is 3. The predicted molar refractivity (Wildman–Crippen MR) is 95.6 cm³/mol. The highest BCUT2D eigenvalue weighted by molar-refractivity contribution is 7.98. The van der Waals surface area contributed by atoms with E-state index in [9.17, 15) is 0 Å². The Morgan fingerprint density at radius 1 is 1.43 bits per heavy atom. The summed E-state index contributed by atoms with van der Waals surface area (Å²) in [6.45, 7) is 4.59. The van der Waals surface area contributed by atoms with Crippen LogP contribution in [0.3, 0.4) is 0 Å². The molecule has 21 heavy (non-hydrogen) atoms. The molecule has 0 aromatic heterocycles. The minimum Gasteiger partial charge on any atom is -0.380 e. The van der Waals surface area contributed by atoms with E-state index in [4.69, 9.17) is 16.3 Å². The minimum absolute atomic E-state index is 0.577. The molecule has 1 aromatic rings. The molecule has 2 nitrogen and oxygen atoms in total. The highest BCUT2D eigenvalue weighted by Gasteiger charge is 2.05. The van der Waals surface area contributed by atoms with Gasteiger partial charge < -0.3 is 4.74 Å². The van der Waals surface area contributed by atoms with Gasteiger partial charge in [0, 0.05) is 23.8 Å². The normalized spacial score (nSPS) is 13.2. The Morgan fingerprint density at radius 2 is 2.19 bits per heavy atom. The van der Waals surface area contributed by atoms with E-state index in [2.05, 4.69) is 24.1 Å². The Morgan fingerprint density at radius 3 is 2.71 bits per heavy atom. The first-order valence-electron chi connectivity index (χ1n) is 6.88. The molecule has 0 saturated heterocycles. The van der Waals surface area contributed by atoms with E-state index in [1.807, 2.05) is 31.4 Å². The van der Waals surface area contributed by atoms with Gasteiger partial charge in [0.05, 0.1) is 17.3 Å². The van der Waals surface area contributed by atoms with Crippen molar-refractivity contribution >= 4 is 35.3 Å². The van der Waals surface area contributed by atoms with Crippen LogP contribution in [-0.4, -0.2) is 26.2 Å². The first-order chi connectivity index (χ1) is 10.2. The van der Waals surface area contributed by atoms with Crippen LogP contribution in [0.1, 0.15) is 25.8 Å². The van der Waals surface area contributed by atoms with Crippen LogP contribution in [0.15, 0.2) is 45.8 Å². The van der Waals surface area contributed by atoms with Gasteiger partial charge in [-0.05, 0) is 43.4 Å². The molecule has 0 fully saturated rings. The SMILES string of the molecule is CC=N/C(=C\C(=C\CC)COC)c1ccc(SC)c(Cl)c1. The number of aliphatic imine (C=N–C) groups is 1. The van der Waals surface area contributed by atoms with Crippen LogP contribution >= 0.6 is 23.4 Å². The largest absolute Gasteiger partial charge is 0.380 e. The van der Waals surface area contributed by atoms with Crippen molar-refractivity contribution in [1.29, 1.82) is 0 Å². The molecule has 1 aromatic carbocycles. The first kappa shape index (κ1) is 18.0. The summed E-state index contributed by atoms with van der Waals surface area (Å²) in [6.07, 6.45) is 8.97. The van der Waals surface area contributed by atoms with Crippen molar-refractivity contribution < 1.29 is 4.74 Å². The number of benzene rings is 1. The summed E-state index contributed by atoms with van der Waals surface area (Å²) < 4.78 is 5.24. The van der Waals surface area contributed by atoms with Gasteiger partial charge in [-0.1, -0.05) is 30.7 Å². The third-order valence-electron chi connectivity index (χ3n) is 2.82. The molecule has 0 spiro atoms. The average Bonchev–Trinajstić information content (AvgIpc) is 2.47. The fraction of sp³-hybridized carbons (Fsp3) is 0.353. The molecule has 4 heteroatoms. The standard InChI is InChI=1S/C17H22ClNOS/c1-5-7-13(12-20-3)10-16(19-6-2)14-8-9-17(21-4)15(18)11-14/h6-11H,5,12H2,1-4H3/b13-7-,16-10-,19-6?. The molecule has 0 unspecified atom stereocenters. The first-order valence-corrected chi connectivity index (χ1v) is 8.48. The molecular formula is C17H22ClNOS. The summed E-state index contributed by atoms with van der Waals surface area (Å²) in [5.41, 5.74) is 3.02. The summed E-state index contributed by atoms with van der Waals surface area (Å²) in [5.74, 6) is 0. The number of nitrogens with zero attached hydrogens (tertiary/aromatic N) is 1. The van der Waals surface area contributed by atoms with Crippen molar-refractivity contribution in [3.63, 3.8) is 0 Å². The van der Waals surface area contributed by atoms with Crippen molar-refractivity contribution in [2.45, 2.75) is 25.2 Å². The van der Waals surface area contributed by atoms with Gasteiger partial charge in [0.25, 0.3) is 0 Å². The maximum atomic E-state index is 6.29. The molecule has 0 radical (unpaired) electrons. The summed E-state index contributed by atoms with van der Waals surface area (Å²) in [5, 5.41) is 0.755. The number of methoxy groups -OCH3 is 1. The van der Waals surface area contributed by atoms with Crippen LogP contribution in [0.25, 0.3) is 5.70 Å². The Hall–Kier alpha value is -1.03. The summed E-state index contributed by atoms with van der Waals surface area (Å²) in [6, 6.07) is 6.04. The fourth-order valence-corrected chi connectivity index (χ4v) is 2.79. The molecule has 0 aliphatic heterocycles. The van der Waals surface area contributed by atoms with Gasteiger partial charge in [-0.15, -0.1) is 11.8 Å². The van der Waals surface area contributed by atoms with E-state index in [1.165, 1.54) is 0 Å². The number of halogens is 1.